The highest BCUT2D eigenvalue weighted by Gasteiger charge is 2.25. The van der Waals surface area contributed by atoms with Gasteiger partial charge in [-0.05, 0) is 36.7 Å². The average Bonchev–Trinajstić information content (AvgIpc) is 2.31. The van der Waals surface area contributed by atoms with Crippen LogP contribution in [0.3, 0.4) is 0 Å². The molecule has 0 aromatic carbocycles. The van der Waals surface area contributed by atoms with Gasteiger partial charge in [0.2, 0.25) is 5.95 Å². The summed E-state index contributed by atoms with van der Waals surface area (Å²) < 4.78 is 0.808. The minimum absolute atomic E-state index is 0.0521. The van der Waals surface area contributed by atoms with Crippen LogP contribution in [0.4, 0.5) is 11.8 Å². The monoisotopic (exact) mass is 302 g/mol. The Labute approximate surface area is 110 Å². The molecule has 0 aliphatic rings. The lowest BCUT2D eigenvalue weighted by Gasteiger charge is -2.35. The number of halogens is 1. The van der Waals surface area contributed by atoms with E-state index in [9.17, 15) is 5.11 Å². The Morgan fingerprint density at radius 1 is 1.53 bits per heavy atom. The van der Waals surface area contributed by atoms with E-state index in [1.807, 2.05) is 32.7 Å². The summed E-state index contributed by atoms with van der Waals surface area (Å²) in [4.78, 5) is 10.5. The van der Waals surface area contributed by atoms with Crippen molar-refractivity contribution < 1.29 is 5.11 Å². The second-order valence-electron chi connectivity index (χ2n) is 4.43. The van der Waals surface area contributed by atoms with Crippen molar-refractivity contribution in [2.75, 3.05) is 30.4 Å². The third kappa shape index (κ3) is 3.29. The van der Waals surface area contributed by atoms with Gasteiger partial charge >= 0.3 is 0 Å². The first-order chi connectivity index (χ1) is 7.92. The van der Waals surface area contributed by atoms with Crippen molar-refractivity contribution in [3.63, 3.8) is 0 Å². The van der Waals surface area contributed by atoms with Crippen molar-refractivity contribution >= 4 is 27.7 Å². The second kappa shape index (κ2) is 5.64. The maximum atomic E-state index is 9.37. The first-order valence-corrected chi connectivity index (χ1v) is 6.32. The zero-order valence-corrected chi connectivity index (χ0v) is 12.2. The number of aliphatic hydroxyl groups excluding tert-OH is 1. The fourth-order valence-corrected chi connectivity index (χ4v) is 1.69. The molecule has 0 atom stereocenters. The summed E-state index contributed by atoms with van der Waals surface area (Å²) in [6.07, 6.45) is 1.71. The normalized spacial score (nSPS) is 11.4. The van der Waals surface area contributed by atoms with E-state index in [1.165, 1.54) is 0 Å². The zero-order valence-electron chi connectivity index (χ0n) is 10.7. The smallest absolute Gasteiger partial charge is 0.224 e. The summed E-state index contributed by atoms with van der Waals surface area (Å²) >= 11 is 3.43. The predicted molar refractivity (Wildman–Crippen MR) is 73.5 cm³/mol. The van der Waals surface area contributed by atoms with Crippen LogP contribution in [-0.4, -0.2) is 40.8 Å². The molecular weight excluding hydrogens is 284 g/mol. The van der Waals surface area contributed by atoms with E-state index in [-0.39, 0.29) is 12.1 Å². The lowest BCUT2D eigenvalue weighted by Crippen LogP contribution is -2.45. The van der Waals surface area contributed by atoms with Crippen molar-refractivity contribution in [1.82, 2.24) is 9.97 Å². The van der Waals surface area contributed by atoms with Crippen molar-refractivity contribution in [2.45, 2.75) is 26.3 Å². The van der Waals surface area contributed by atoms with E-state index in [2.05, 4.69) is 31.2 Å². The second-order valence-corrected chi connectivity index (χ2v) is 5.28. The maximum absolute atomic E-state index is 9.37. The molecule has 1 rings (SSSR count). The molecule has 5 nitrogen and oxygen atoms in total. The van der Waals surface area contributed by atoms with Gasteiger partial charge in [-0.1, -0.05) is 0 Å². The molecule has 0 unspecified atom stereocenters. The van der Waals surface area contributed by atoms with Crippen molar-refractivity contribution in [1.29, 1.82) is 0 Å². The van der Waals surface area contributed by atoms with Gasteiger partial charge < -0.3 is 15.3 Å². The summed E-state index contributed by atoms with van der Waals surface area (Å²) in [5.74, 6) is 1.35. The Balaban J connectivity index is 3.07. The number of aromatic nitrogens is 2. The number of likely N-dealkylation sites (N-methyl/N-ethyl adjacent to an activating group) is 1. The van der Waals surface area contributed by atoms with Gasteiger partial charge in [-0.2, -0.15) is 4.98 Å². The molecule has 0 saturated heterocycles. The molecule has 0 saturated carbocycles. The summed E-state index contributed by atoms with van der Waals surface area (Å²) in [6, 6.07) is 0. The molecular formula is C11H19BrN4O. The number of anilines is 2. The molecule has 1 aromatic heterocycles. The number of hydrogen-bond acceptors (Lipinski definition) is 5. The van der Waals surface area contributed by atoms with Crippen LogP contribution in [0.2, 0.25) is 0 Å². The molecule has 0 fully saturated rings. The Morgan fingerprint density at radius 3 is 2.71 bits per heavy atom. The highest BCUT2D eigenvalue weighted by Crippen LogP contribution is 2.28. The van der Waals surface area contributed by atoms with Gasteiger partial charge in [0, 0.05) is 19.8 Å². The molecule has 0 bridgehead atoms. The van der Waals surface area contributed by atoms with Gasteiger partial charge in [-0.25, -0.2) is 4.98 Å². The van der Waals surface area contributed by atoms with Gasteiger partial charge in [-0.15, -0.1) is 0 Å². The Morgan fingerprint density at radius 2 is 2.18 bits per heavy atom. The van der Waals surface area contributed by atoms with E-state index < -0.39 is 0 Å². The fourth-order valence-electron chi connectivity index (χ4n) is 1.23. The largest absolute Gasteiger partial charge is 0.394 e. The number of aliphatic hydroxyl groups is 1. The summed E-state index contributed by atoms with van der Waals surface area (Å²) in [7, 11) is 1.90. The maximum Gasteiger partial charge on any atom is 0.224 e. The van der Waals surface area contributed by atoms with Crippen LogP contribution in [0, 0.1) is 0 Å². The molecule has 0 spiro atoms. The van der Waals surface area contributed by atoms with E-state index in [0.29, 0.717) is 5.95 Å². The van der Waals surface area contributed by atoms with Crippen LogP contribution in [0.5, 0.6) is 0 Å². The molecule has 0 radical (unpaired) electrons. The number of rotatable bonds is 5. The predicted octanol–water partition coefficient (Wildman–Crippen LogP) is 1.88. The SMILES string of the molecule is CCNc1ncc(Br)c(N(C)C(C)(C)CO)n1. The Bertz CT molecular complexity index is 384. The molecule has 6 heteroatoms. The third-order valence-corrected chi connectivity index (χ3v) is 3.23. The van der Waals surface area contributed by atoms with E-state index in [0.717, 1.165) is 16.8 Å². The molecule has 0 amide bonds. The first-order valence-electron chi connectivity index (χ1n) is 5.53. The highest BCUT2D eigenvalue weighted by molar-refractivity contribution is 9.10. The molecule has 96 valence electrons. The topological polar surface area (TPSA) is 61.3 Å². The van der Waals surface area contributed by atoms with Gasteiger partial charge in [0.25, 0.3) is 0 Å². The lowest BCUT2D eigenvalue weighted by atomic mass is 10.1. The van der Waals surface area contributed by atoms with Crippen LogP contribution in [0.1, 0.15) is 20.8 Å². The summed E-state index contributed by atoms with van der Waals surface area (Å²) in [5.41, 5.74) is -0.375. The van der Waals surface area contributed by atoms with E-state index in [1.54, 1.807) is 6.20 Å². The van der Waals surface area contributed by atoms with Crippen molar-refractivity contribution in [3.05, 3.63) is 10.7 Å². The quantitative estimate of drug-likeness (QED) is 0.869. The molecule has 1 aromatic rings. The van der Waals surface area contributed by atoms with Gasteiger partial charge in [-0.3, -0.25) is 0 Å². The summed E-state index contributed by atoms with van der Waals surface area (Å²) in [5, 5.41) is 12.4. The van der Waals surface area contributed by atoms with Crippen LogP contribution in [-0.2, 0) is 0 Å². The van der Waals surface area contributed by atoms with E-state index >= 15 is 0 Å². The van der Waals surface area contributed by atoms with Crippen LogP contribution in [0.15, 0.2) is 10.7 Å². The highest BCUT2D eigenvalue weighted by atomic mass is 79.9. The average molecular weight is 303 g/mol. The minimum atomic E-state index is -0.375. The van der Waals surface area contributed by atoms with Crippen molar-refractivity contribution in [3.8, 4) is 0 Å². The van der Waals surface area contributed by atoms with Crippen LogP contribution in [0.25, 0.3) is 0 Å². The molecule has 17 heavy (non-hydrogen) atoms. The Kier molecular flexibility index (Phi) is 4.70. The molecule has 1 heterocycles. The summed E-state index contributed by atoms with van der Waals surface area (Å²) in [6.45, 7) is 6.72. The van der Waals surface area contributed by atoms with Crippen molar-refractivity contribution in [2.24, 2.45) is 0 Å². The molecule has 0 aliphatic carbocycles. The van der Waals surface area contributed by atoms with Gasteiger partial charge in [0.05, 0.1) is 16.6 Å². The van der Waals surface area contributed by atoms with Crippen LogP contribution < -0.4 is 10.2 Å². The number of nitrogens with zero attached hydrogens (tertiary/aromatic N) is 3. The Hall–Kier alpha value is -0.880. The van der Waals surface area contributed by atoms with E-state index in [4.69, 9.17) is 0 Å². The van der Waals surface area contributed by atoms with Gasteiger partial charge in [0.15, 0.2) is 0 Å². The minimum Gasteiger partial charge on any atom is -0.394 e. The number of nitrogens with one attached hydrogen (secondary N) is 1. The standard InChI is InChI=1S/C11H19BrN4O/c1-5-13-10-14-6-8(12)9(15-10)16(4)11(2,3)7-17/h6,17H,5,7H2,1-4H3,(H,13,14,15). The van der Waals surface area contributed by atoms with Gasteiger partial charge in [0.1, 0.15) is 5.82 Å². The lowest BCUT2D eigenvalue weighted by molar-refractivity contribution is 0.215. The fraction of sp³-hybridized carbons (Fsp3) is 0.636. The third-order valence-electron chi connectivity index (χ3n) is 2.67. The zero-order chi connectivity index (χ0) is 13.1. The molecule has 2 N–H and O–H groups in total. The molecule has 0 aliphatic heterocycles. The van der Waals surface area contributed by atoms with Crippen LogP contribution >= 0.6 is 15.9 Å². The number of hydrogen-bond donors (Lipinski definition) is 2. The first kappa shape index (κ1) is 14.2.